The molecular weight excluding hydrogens is 178 g/mol. The van der Waals surface area contributed by atoms with E-state index in [0.29, 0.717) is 19.9 Å². The second kappa shape index (κ2) is 3.98. The average Bonchev–Trinajstić information content (AvgIpc) is 2.18. The largest absolute Gasteiger partial charge is 0.467 e. The zero-order valence-corrected chi connectivity index (χ0v) is 8.38. The van der Waals surface area contributed by atoms with E-state index < -0.39 is 0 Å². The molecule has 0 unspecified atom stereocenters. The number of rotatable bonds is 2. The Morgan fingerprint density at radius 1 is 1.43 bits per heavy atom. The van der Waals surface area contributed by atoms with E-state index in [4.69, 9.17) is 15.2 Å². The minimum atomic E-state index is 0.355. The molecule has 0 atom stereocenters. The number of fused-ring (bicyclic) bond motifs is 1. The Kier molecular flexibility index (Phi) is 2.70. The Morgan fingerprint density at radius 2 is 2.29 bits per heavy atom. The summed E-state index contributed by atoms with van der Waals surface area (Å²) in [6, 6.07) is 4.24. The first-order valence-electron chi connectivity index (χ1n) is 4.84. The Bertz CT molecular complexity index is 336. The fourth-order valence-corrected chi connectivity index (χ4v) is 1.81. The molecule has 2 rings (SSSR count). The number of hydrogen-bond donors (Lipinski definition) is 1. The van der Waals surface area contributed by atoms with Crippen LogP contribution in [0.1, 0.15) is 16.7 Å². The van der Waals surface area contributed by atoms with Crippen molar-refractivity contribution in [3.05, 3.63) is 28.8 Å². The highest BCUT2D eigenvalue weighted by Crippen LogP contribution is 2.29. The summed E-state index contributed by atoms with van der Waals surface area (Å²) < 4.78 is 10.7. The van der Waals surface area contributed by atoms with Crippen molar-refractivity contribution in [3.8, 4) is 5.75 Å². The zero-order valence-electron chi connectivity index (χ0n) is 8.38. The van der Waals surface area contributed by atoms with Crippen molar-refractivity contribution in [2.75, 3.05) is 13.3 Å². The van der Waals surface area contributed by atoms with Crippen molar-refractivity contribution in [3.63, 3.8) is 0 Å². The van der Waals surface area contributed by atoms with Crippen LogP contribution in [0.25, 0.3) is 0 Å². The van der Waals surface area contributed by atoms with Crippen LogP contribution >= 0.6 is 0 Å². The molecule has 3 heteroatoms. The second-order valence-corrected chi connectivity index (χ2v) is 3.56. The van der Waals surface area contributed by atoms with Gasteiger partial charge in [0.25, 0.3) is 0 Å². The van der Waals surface area contributed by atoms with Crippen molar-refractivity contribution >= 4 is 0 Å². The third kappa shape index (κ3) is 1.74. The van der Waals surface area contributed by atoms with Crippen LogP contribution in [0, 0.1) is 6.92 Å². The molecule has 76 valence electrons. The Morgan fingerprint density at radius 3 is 3.07 bits per heavy atom. The van der Waals surface area contributed by atoms with Gasteiger partial charge in [-0.05, 0) is 25.5 Å². The molecule has 0 aromatic heterocycles. The Balaban J connectivity index is 2.41. The molecular formula is C11H15NO2. The monoisotopic (exact) mass is 193 g/mol. The van der Waals surface area contributed by atoms with Crippen LogP contribution in [0.5, 0.6) is 5.75 Å². The molecule has 1 heterocycles. The van der Waals surface area contributed by atoms with Gasteiger partial charge in [0.1, 0.15) is 5.75 Å². The van der Waals surface area contributed by atoms with Crippen molar-refractivity contribution in [2.45, 2.75) is 20.0 Å². The molecule has 1 aliphatic rings. The minimum Gasteiger partial charge on any atom is -0.467 e. The summed E-state index contributed by atoms with van der Waals surface area (Å²) in [5, 5.41) is 0. The van der Waals surface area contributed by atoms with Gasteiger partial charge in [-0.1, -0.05) is 17.7 Å². The lowest BCUT2D eigenvalue weighted by Crippen LogP contribution is -2.15. The quantitative estimate of drug-likeness (QED) is 0.771. The fraction of sp³-hybridized carbons (Fsp3) is 0.455. The number of ether oxygens (including phenoxy) is 2. The van der Waals surface area contributed by atoms with E-state index in [1.807, 2.05) is 0 Å². The second-order valence-electron chi connectivity index (χ2n) is 3.56. The predicted molar refractivity (Wildman–Crippen MR) is 54.2 cm³/mol. The predicted octanol–water partition coefficient (Wildman–Crippen LogP) is 1.36. The number of aryl methyl sites for hydroxylation is 1. The van der Waals surface area contributed by atoms with E-state index in [0.717, 1.165) is 17.7 Å². The van der Waals surface area contributed by atoms with Gasteiger partial charge in [-0.15, -0.1) is 0 Å². The van der Waals surface area contributed by atoms with Crippen LogP contribution < -0.4 is 10.5 Å². The lowest BCUT2D eigenvalue weighted by atomic mass is 10.0. The van der Waals surface area contributed by atoms with Gasteiger partial charge >= 0.3 is 0 Å². The van der Waals surface area contributed by atoms with Crippen LogP contribution in [0.4, 0.5) is 0 Å². The molecule has 0 radical (unpaired) electrons. The molecule has 0 saturated heterocycles. The molecule has 0 amide bonds. The molecule has 0 spiro atoms. The molecule has 14 heavy (non-hydrogen) atoms. The van der Waals surface area contributed by atoms with Gasteiger partial charge < -0.3 is 15.2 Å². The minimum absolute atomic E-state index is 0.355. The molecule has 2 N–H and O–H groups in total. The fourth-order valence-electron chi connectivity index (χ4n) is 1.81. The maximum atomic E-state index is 5.56. The summed E-state index contributed by atoms with van der Waals surface area (Å²) in [4.78, 5) is 0. The van der Waals surface area contributed by atoms with E-state index >= 15 is 0 Å². The molecule has 0 aliphatic carbocycles. The van der Waals surface area contributed by atoms with Gasteiger partial charge in [0.2, 0.25) is 0 Å². The summed E-state index contributed by atoms with van der Waals surface area (Å²) in [5.74, 6) is 0.979. The lowest BCUT2D eigenvalue weighted by molar-refractivity contribution is -0.0170. The van der Waals surface area contributed by atoms with E-state index in [9.17, 15) is 0 Å². The first-order chi connectivity index (χ1) is 6.81. The van der Waals surface area contributed by atoms with Crippen LogP contribution in [-0.4, -0.2) is 13.3 Å². The summed E-state index contributed by atoms with van der Waals surface area (Å²) >= 11 is 0. The zero-order chi connectivity index (χ0) is 9.97. The highest BCUT2D eigenvalue weighted by molar-refractivity contribution is 5.45. The molecule has 0 bridgehead atoms. The van der Waals surface area contributed by atoms with Crippen LogP contribution in [0.15, 0.2) is 12.1 Å². The van der Waals surface area contributed by atoms with Gasteiger partial charge in [0.05, 0.1) is 6.61 Å². The topological polar surface area (TPSA) is 44.5 Å². The van der Waals surface area contributed by atoms with Crippen molar-refractivity contribution in [1.82, 2.24) is 0 Å². The number of benzene rings is 1. The van der Waals surface area contributed by atoms with Crippen molar-refractivity contribution < 1.29 is 9.47 Å². The SMILES string of the molecule is Cc1cc(CCN)c2c(c1)COCO2. The maximum Gasteiger partial charge on any atom is 0.189 e. The van der Waals surface area contributed by atoms with E-state index in [1.165, 1.54) is 11.1 Å². The first-order valence-corrected chi connectivity index (χ1v) is 4.84. The first kappa shape index (κ1) is 9.49. The molecule has 1 aromatic rings. The van der Waals surface area contributed by atoms with Crippen LogP contribution in [0.2, 0.25) is 0 Å². The Hall–Kier alpha value is -1.06. The lowest BCUT2D eigenvalue weighted by Gasteiger charge is -2.21. The summed E-state index contributed by atoms with van der Waals surface area (Å²) in [6.45, 7) is 3.73. The normalized spacial score (nSPS) is 14.7. The highest BCUT2D eigenvalue weighted by atomic mass is 16.7. The van der Waals surface area contributed by atoms with Gasteiger partial charge in [-0.3, -0.25) is 0 Å². The average molecular weight is 193 g/mol. The standard InChI is InChI=1S/C11H15NO2/c1-8-4-9(2-3-12)11-10(5-8)6-13-7-14-11/h4-5H,2-3,6-7,12H2,1H3. The third-order valence-electron chi connectivity index (χ3n) is 2.34. The summed E-state index contributed by atoms with van der Waals surface area (Å²) in [5.41, 5.74) is 9.13. The number of hydrogen-bond acceptors (Lipinski definition) is 3. The molecule has 1 aromatic carbocycles. The molecule has 3 nitrogen and oxygen atoms in total. The van der Waals surface area contributed by atoms with Gasteiger partial charge in [-0.25, -0.2) is 0 Å². The van der Waals surface area contributed by atoms with Gasteiger partial charge in [0, 0.05) is 5.56 Å². The Labute approximate surface area is 83.8 Å². The van der Waals surface area contributed by atoms with Gasteiger partial charge in [0.15, 0.2) is 6.79 Å². The molecule has 0 fully saturated rings. The summed E-state index contributed by atoms with van der Waals surface area (Å²) in [7, 11) is 0. The van der Waals surface area contributed by atoms with E-state index in [1.54, 1.807) is 0 Å². The van der Waals surface area contributed by atoms with Crippen molar-refractivity contribution in [1.29, 1.82) is 0 Å². The van der Waals surface area contributed by atoms with Crippen LogP contribution in [-0.2, 0) is 17.8 Å². The van der Waals surface area contributed by atoms with Crippen LogP contribution in [0.3, 0.4) is 0 Å². The maximum absolute atomic E-state index is 5.56. The highest BCUT2D eigenvalue weighted by Gasteiger charge is 2.14. The summed E-state index contributed by atoms with van der Waals surface area (Å²) in [6.07, 6.45) is 0.865. The third-order valence-corrected chi connectivity index (χ3v) is 2.34. The molecule has 0 saturated carbocycles. The van der Waals surface area contributed by atoms with Crippen molar-refractivity contribution in [2.24, 2.45) is 5.73 Å². The van der Waals surface area contributed by atoms with Gasteiger partial charge in [-0.2, -0.15) is 0 Å². The number of nitrogens with two attached hydrogens (primary N) is 1. The molecule has 1 aliphatic heterocycles. The smallest absolute Gasteiger partial charge is 0.189 e. The van der Waals surface area contributed by atoms with E-state index in [-0.39, 0.29) is 0 Å². The van der Waals surface area contributed by atoms with E-state index in [2.05, 4.69) is 19.1 Å².